The molecular weight excluding hydrogens is 384 g/mol. The maximum absolute atomic E-state index is 11.0. The second kappa shape index (κ2) is 8.88. The molecule has 0 radical (unpaired) electrons. The fraction of sp³-hybridized carbons (Fsp3) is 0.444. The molecule has 1 aliphatic heterocycles. The number of nitrogens with zero attached hydrogens (tertiary/aromatic N) is 2. The molecule has 2 aromatic carbocycles. The van der Waals surface area contributed by atoms with E-state index in [0.29, 0.717) is 6.61 Å². The zero-order chi connectivity index (χ0) is 22.0. The molecule has 4 nitrogen and oxygen atoms in total. The van der Waals surface area contributed by atoms with Crippen LogP contribution < -0.4 is 0 Å². The highest BCUT2D eigenvalue weighted by Gasteiger charge is 2.28. The molecule has 0 saturated heterocycles. The highest BCUT2D eigenvalue weighted by Crippen LogP contribution is 2.31. The highest BCUT2D eigenvalue weighted by molar-refractivity contribution is 6.00. The molecule has 1 unspecified atom stereocenters. The molecule has 0 bridgehead atoms. The van der Waals surface area contributed by atoms with Gasteiger partial charge in [-0.25, -0.2) is 4.99 Å². The molecule has 0 aliphatic carbocycles. The first kappa shape index (κ1) is 21.6. The van der Waals surface area contributed by atoms with Gasteiger partial charge in [-0.1, -0.05) is 50.1 Å². The number of unbranched alkanes of at least 4 members (excludes halogenated alkanes) is 1. The van der Waals surface area contributed by atoms with Crippen molar-refractivity contribution in [3.63, 3.8) is 0 Å². The second-order valence-electron chi connectivity index (χ2n) is 9.36. The van der Waals surface area contributed by atoms with E-state index < -0.39 is 6.10 Å². The lowest BCUT2D eigenvalue weighted by molar-refractivity contribution is 0.155. The minimum Gasteiger partial charge on any atom is -0.475 e. The highest BCUT2D eigenvalue weighted by atomic mass is 16.5. The predicted octanol–water partition coefficient (Wildman–Crippen LogP) is 5.97. The fourth-order valence-electron chi connectivity index (χ4n) is 4.35. The summed E-state index contributed by atoms with van der Waals surface area (Å²) >= 11 is 0. The van der Waals surface area contributed by atoms with E-state index in [1.54, 1.807) is 0 Å². The van der Waals surface area contributed by atoms with E-state index in [1.807, 2.05) is 6.07 Å². The van der Waals surface area contributed by atoms with Crippen molar-refractivity contribution in [1.29, 1.82) is 0 Å². The lowest BCUT2D eigenvalue weighted by Gasteiger charge is -2.16. The third-order valence-electron chi connectivity index (χ3n) is 6.12. The molecule has 4 heteroatoms. The van der Waals surface area contributed by atoms with E-state index in [2.05, 4.69) is 74.7 Å². The Hall–Kier alpha value is -2.59. The molecule has 1 aromatic heterocycles. The molecule has 4 rings (SSSR count). The van der Waals surface area contributed by atoms with E-state index in [4.69, 9.17) is 9.73 Å². The molecule has 0 spiro atoms. The van der Waals surface area contributed by atoms with Gasteiger partial charge in [-0.3, -0.25) is 0 Å². The number of aliphatic imine (C=N–C) groups is 1. The van der Waals surface area contributed by atoms with Crippen LogP contribution in [0.2, 0.25) is 0 Å². The number of aromatic nitrogens is 1. The summed E-state index contributed by atoms with van der Waals surface area (Å²) in [5, 5.41) is 12.1. The van der Waals surface area contributed by atoms with Gasteiger partial charge in [-0.05, 0) is 62.9 Å². The first-order valence-electron chi connectivity index (χ1n) is 11.5. The Morgan fingerprint density at radius 2 is 1.94 bits per heavy atom. The molecular formula is C27H34N2O2. The van der Waals surface area contributed by atoms with Crippen LogP contribution in [0.5, 0.6) is 0 Å². The lowest BCUT2D eigenvalue weighted by Crippen LogP contribution is -2.17. The Morgan fingerprint density at radius 3 is 2.61 bits per heavy atom. The number of hydrogen-bond donors (Lipinski definition) is 1. The van der Waals surface area contributed by atoms with Gasteiger partial charge < -0.3 is 14.4 Å². The van der Waals surface area contributed by atoms with Crippen LogP contribution in [-0.2, 0) is 17.7 Å². The molecule has 3 aromatic rings. The summed E-state index contributed by atoms with van der Waals surface area (Å²) in [6, 6.07) is 17.1. The van der Waals surface area contributed by atoms with Gasteiger partial charge in [0.05, 0.1) is 11.6 Å². The van der Waals surface area contributed by atoms with Gasteiger partial charge in [0.25, 0.3) is 0 Å². The van der Waals surface area contributed by atoms with Crippen molar-refractivity contribution in [2.75, 3.05) is 6.61 Å². The number of benzene rings is 2. The summed E-state index contributed by atoms with van der Waals surface area (Å²) in [4.78, 5) is 4.80. The van der Waals surface area contributed by atoms with Gasteiger partial charge in [0.15, 0.2) is 0 Å². The van der Waals surface area contributed by atoms with Gasteiger partial charge in [0, 0.05) is 28.7 Å². The van der Waals surface area contributed by atoms with Crippen molar-refractivity contribution in [3.05, 3.63) is 70.9 Å². The average Bonchev–Trinajstić information content (AvgIpc) is 3.29. The number of hydrogen-bond acceptors (Lipinski definition) is 3. The van der Waals surface area contributed by atoms with Crippen LogP contribution in [0.3, 0.4) is 0 Å². The molecule has 1 atom stereocenters. The standard InChI is InChI=1S/C27H34N2O2/c1-5-6-12-25(30)24-16-21-15-19(2)22(26-28-27(3,4)18-31-26)17-23(21)29(24)14-13-20-10-8-7-9-11-20/h7-11,15-17,25,30H,5-6,12-14,18H2,1-4H3. The molecule has 1 N–H and O–H groups in total. The summed E-state index contributed by atoms with van der Waals surface area (Å²) in [5.74, 6) is 0.730. The van der Waals surface area contributed by atoms with E-state index in [9.17, 15) is 5.11 Å². The Balaban J connectivity index is 1.76. The number of ether oxygens (including phenoxy) is 1. The zero-order valence-corrected chi connectivity index (χ0v) is 19.2. The van der Waals surface area contributed by atoms with Crippen molar-refractivity contribution in [1.82, 2.24) is 4.57 Å². The molecule has 1 aliphatic rings. The van der Waals surface area contributed by atoms with Gasteiger partial charge in [0.1, 0.15) is 6.61 Å². The van der Waals surface area contributed by atoms with Gasteiger partial charge in [-0.2, -0.15) is 0 Å². The number of aliphatic hydroxyl groups is 1. The van der Waals surface area contributed by atoms with Crippen LogP contribution in [0.1, 0.15) is 68.5 Å². The normalized spacial score (nSPS) is 16.4. The molecule has 31 heavy (non-hydrogen) atoms. The number of fused-ring (bicyclic) bond motifs is 1. The van der Waals surface area contributed by atoms with Crippen LogP contribution in [0.4, 0.5) is 0 Å². The minimum absolute atomic E-state index is 0.187. The van der Waals surface area contributed by atoms with Gasteiger partial charge >= 0.3 is 0 Å². The Bertz CT molecular complexity index is 1080. The number of aryl methyl sites for hydroxylation is 3. The molecule has 0 saturated carbocycles. The second-order valence-corrected chi connectivity index (χ2v) is 9.36. The van der Waals surface area contributed by atoms with Crippen molar-refractivity contribution >= 4 is 16.8 Å². The molecule has 0 amide bonds. The van der Waals surface area contributed by atoms with Crippen molar-refractivity contribution in [2.45, 2.75) is 71.6 Å². The number of rotatable bonds is 8. The Morgan fingerprint density at radius 1 is 1.16 bits per heavy atom. The first-order chi connectivity index (χ1) is 14.9. The topological polar surface area (TPSA) is 46.8 Å². The summed E-state index contributed by atoms with van der Waals surface area (Å²) in [6.45, 7) is 9.90. The average molecular weight is 419 g/mol. The predicted molar refractivity (Wildman–Crippen MR) is 128 cm³/mol. The van der Waals surface area contributed by atoms with Crippen molar-refractivity contribution in [3.8, 4) is 0 Å². The summed E-state index contributed by atoms with van der Waals surface area (Å²) in [6.07, 6.45) is 3.36. The van der Waals surface area contributed by atoms with E-state index in [-0.39, 0.29) is 5.54 Å². The third kappa shape index (κ3) is 4.69. The van der Waals surface area contributed by atoms with Gasteiger partial charge in [-0.15, -0.1) is 0 Å². The zero-order valence-electron chi connectivity index (χ0n) is 19.2. The smallest absolute Gasteiger partial charge is 0.217 e. The summed E-state index contributed by atoms with van der Waals surface area (Å²) < 4.78 is 8.25. The quantitative estimate of drug-likeness (QED) is 0.490. The van der Waals surface area contributed by atoms with Crippen LogP contribution in [0, 0.1) is 6.92 Å². The Kier molecular flexibility index (Phi) is 6.19. The summed E-state index contributed by atoms with van der Waals surface area (Å²) in [7, 11) is 0. The van der Waals surface area contributed by atoms with E-state index in [1.165, 1.54) is 5.56 Å². The first-order valence-corrected chi connectivity index (χ1v) is 11.5. The SMILES string of the molecule is CCCCC(O)c1cc2cc(C)c(C3=NC(C)(C)CO3)cc2n1CCc1ccccc1. The van der Waals surface area contributed by atoms with Crippen LogP contribution >= 0.6 is 0 Å². The molecule has 0 fully saturated rings. The van der Waals surface area contributed by atoms with Crippen LogP contribution in [0.25, 0.3) is 10.9 Å². The Labute approximate surface area is 185 Å². The van der Waals surface area contributed by atoms with Crippen molar-refractivity contribution in [2.24, 2.45) is 4.99 Å². The molecule has 164 valence electrons. The number of aliphatic hydroxyl groups excluding tert-OH is 1. The van der Waals surface area contributed by atoms with E-state index >= 15 is 0 Å². The fourth-order valence-corrected chi connectivity index (χ4v) is 4.35. The summed E-state index contributed by atoms with van der Waals surface area (Å²) in [5.41, 5.74) is 5.46. The maximum Gasteiger partial charge on any atom is 0.217 e. The van der Waals surface area contributed by atoms with Crippen LogP contribution in [0.15, 0.2) is 53.5 Å². The van der Waals surface area contributed by atoms with Gasteiger partial charge in [0.2, 0.25) is 5.90 Å². The van der Waals surface area contributed by atoms with Crippen molar-refractivity contribution < 1.29 is 9.84 Å². The molecule has 2 heterocycles. The minimum atomic E-state index is -0.453. The monoisotopic (exact) mass is 418 g/mol. The largest absolute Gasteiger partial charge is 0.475 e. The van der Waals surface area contributed by atoms with E-state index in [0.717, 1.165) is 65.8 Å². The lowest BCUT2D eigenvalue weighted by atomic mass is 10.1. The third-order valence-corrected chi connectivity index (χ3v) is 6.12. The maximum atomic E-state index is 11.0. The van der Waals surface area contributed by atoms with Crippen LogP contribution in [-0.4, -0.2) is 27.7 Å².